The van der Waals surface area contributed by atoms with Gasteiger partial charge in [0, 0.05) is 31.2 Å². The van der Waals surface area contributed by atoms with Crippen LogP contribution in [0.3, 0.4) is 0 Å². The molecule has 1 amide bonds. The molecule has 10 nitrogen and oxygen atoms in total. The summed E-state index contributed by atoms with van der Waals surface area (Å²) < 4.78 is 11.2. The van der Waals surface area contributed by atoms with E-state index in [1.807, 2.05) is 18.2 Å². The number of carbonyl (C=O) groups excluding carboxylic acids is 1. The maximum absolute atomic E-state index is 12.0. The zero-order chi connectivity index (χ0) is 26.0. The van der Waals surface area contributed by atoms with Crippen LogP contribution in [-0.2, 0) is 9.47 Å². The van der Waals surface area contributed by atoms with Crippen LogP contribution < -0.4 is 21.3 Å². The van der Waals surface area contributed by atoms with Crippen molar-refractivity contribution in [1.82, 2.24) is 20.3 Å². The van der Waals surface area contributed by atoms with Gasteiger partial charge in [-0.05, 0) is 31.4 Å². The maximum atomic E-state index is 12.0. The summed E-state index contributed by atoms with van der Waals surface area (Å²) in [5.41, 5.74) is 0.646. The molecule has 0 unspecified atom stereocenters. The van der Waals surface area contributed by atoms with Gasteiger partial charge >= 0.3 is 0 Å². The quantitative estimate of drug-likeness (QED) is 0.183. The van der Waals surface area contributed by atoms with E-state index in [9.17, 15) is 4.79 Å². The van der Waals surface area contributed by atoms with Crippen molar-refractivity contribution in [1.29, 1.82) is 0 Å². The Balaban J connectivity index is 1.32. The highest BCUT2D eigenvalue weighted by Gasteiger charge is 2.15. The second-order valence-electron chi connectivity index (χ2n) is 9.19. The van der Waals surface area contributed by atoms with Crippen molar-refractivity contribution in [3.8, 4) is 0 Å². The van der Waals surface area contributed by atoms with Crippen molar-refractivity contribution in [3.05, 3.63) is 35.9 Å². The van der Waals surface area contributed by atoms with E-state index in [-0.39, 0.29) is 5.91 Å². The first-order chi connectivity index (χ1) is 18.2. The molecule has 204 valence electrons. The van der Waals surface area contributed by atoms with Gasteiger partial charge in [-0.15, -0.1) is 0 Å². The number of hydrogen-bond donors (Lipinski definition) is 4. The molecule has 1 aromatic heterocycles. The largest absolute Gasteiger partial charge is 0.377 e. The number of hydrogen-bond acceptors (Lipinski definition) is 9. The number of benzene rings is 1. The Morgan fingerprint density at radius 1 is 0.811 bits per heavy atom. The van der Waals surface area contributed by atoms with E-state index < -0.39 is 0 Å². The van der Waals surface area contributed by atoms with Crippen molar-refractivity contribution in [2.75, 3.05) is 62.0 Å². The van der Waals surface area contributed by atoms with Gasteiger partial charge in [0.2, 0.25) is 17.8 Å². The second-order valence-corrected chi connectivity index (χ2v) is 9.19. The summed E-state index contributed by atoms with van der Waals surface area (Å²) >= 11 is 0. The number of anilines is 3. The fourth-order valence-corrected chi connectivity index (χ4v) is 4.07. The van der Waals surface area contributed by atoms with Crippen LogP contribution >= 0.6 is 0 Å². The SMILES string of the molecule is CCCCNc1nc(NCCOCCOCCNC(=O)c2ccccc2)nc(NC2CCCCCC2)n1. The van der Waals surface area contributed by atoms with E-state index in [1.165, 1.54) is 25.7 Å². The van der Waals surface area contributed by atoms with Gasteiger partial charge in [-0.3, -0.25) is 4.79 Å². The minimum atomic E-state index is -0.0961. The molecule has 4 N–H and O–H groups in total. The van der Waals surface area contributed by atoms with Gasteiger partial charge in [0.15, 0.2) is 0 Å². The highest BCUT2D eigenvalue weighted by molar-refractivity contribution is 5.94. The van der Waals surface area contributed by atoms with Gasteiger partial charge in [-0.2, -0.15) is 15.0 Å². The van der Waals surface area contributed by atoms with E-state index in [4.69, 9.17) is 9.47 Å². The number of nitrogens with zero attached hydrogens (tertiary/aromatic N) is 3. The Bertz CT molecular complexity index is 893. The topological polar surface area (TPSA) is 122 Å². The average molecular weight is 514 g/mol. The van der Waals surface area contributed by atoms with Gasteiger partial charge in [0.1, 0.15) is 0 Å². The van der Waals surface area contributed by atoms with E-state index in [2.05, 4.69) is 43.1 Å². The summed E-state index contributed by atoms with van der Waals surface area (Å²) in [7, 11) is 0. The molecule has 0 spiro atoms. The van der Waals surface area contributed by atoms with Gasteiger partial charge in [-0.25, -0.2) is 0 Å². The van der Waals surface area contributed by atoms with Crippen molar-refractivity contribution in [2.24, 2.45) is 0 Å². The summed E-state index contributed by atoms with van der Waals surface area (Å²) in [5, 5.41) is 12.9. The summed E-state index contributed by atoms with van der Waals surface area (Å²) in [6.07, 6.45) is 9.60. The number of amides is 1. The van der Waals surface area contributed by atoms with Gasteiger partial charge < -0.3 is 30.7 Å². The van der Waals surface area contributed by atoms with E-state index >= 15 is 0 Å². The first-order valence-electron chi connectivity index (χ1n) is 13.7. The van der Waals surface area contributed by atoms with Crippen LogP contribution in [0, 0.1) is 0 Å². The van der Waals surface area contributed by atoms with Crippen LogP contribution in [0.25, 0.3) is 0 Å². The molecule has 0 saturated heterocycles. The molecule has 0 atom stereocenters. The molecule has 1 heterocycles. The van der Waals surface area contributed by atoms with Crippen LogP contribution in [0.2, 0.25) is 0 Å². The number of nitrogens with one attached hydrogen (secondary N) is 4. The van der Waals surface area contributed by atoms with Crippen LogP contribution in [0.1, 0.15) is 68.6 Å². The first kappa shape index (κ1) is 28.6. The maximum Gasteiger partial charge on any atom is 0.251 e. The lowest BCUT2D eigenvalue weighted by molar-refractivity contribution is 0.0519. The Morgan fingerprint density at radius 3 is 2.11 bits per heavy atom. The van der Waals surface area contributed by atoms with Crippen molar-refractivity contribution in [3.63, 3.8) is 0 Å². The Labute approximate surface area is 220 Å². The minimum absolute atomic E-state index is 0.0961. The molecule has 1 fully saturated rings. The molecule has 1 saturated carbocycles. The van der Waals surface area contributed by atoms with Crippen LogP contribution in [0.4, 0.5) is 17.8 Å². The molecule has 10 heteroatoms. The summed E-state index contributed by atoms with van der Waals surface area (Å²) in [5.74, 6) is 1.66. The minimum Gasteiger partial charge on any atom is -0.377 e. The van der Waals surface area contributed by atoms with E-state index in [1.54, 1.807) is 12.1 Å². The van der Waals surface area contributed by atoms with E-state index in [0.717, 1.165) is 32.2 Å². The molecule has 0 radical (unpaired) electrons. The Morgan fingerprint density at radius 2 is 1.43 bits per heavy atom. The van der Waals surface area contributed by atoms with Gasteiger partial charge in [0.05, 0.1) is 26.4 Å². The van der Waals surface area contributed by atoms with Crippen LogP contribution in [0.15, 0.2) is 30.3 Å². The molecule has 1 aliphatic carbocycles. The third-order valence-corrected chi connectivity index (χ3v) is 6.11. The second kappa shape index (κ2) is 17.5. The molecule has 0 aliphatic heterocycles. The predicted octanol–water partition coefficient (Wildman–Crippen LogP) is 4.09. The normalized spacial score (nSPS) is 14.1. The fourth-order valence-electron chi connectivity index (χ4n) is 4.07. The van der Waals surface area contributed by atoms with Gasteiger partial charge in [0.25, 0.3) is 5.91 Å². The van der Waals surface area contributed by atoms with Crippen LogP contribution in [0.5, 0.6) is 0 Å². The zero-order valence-corrected chi connectivity index (χ0v) is 22.1. The molecular formula is C27H43N7O3. The third kappa shape index (κ3) is 11.7. The third-order valence-electron chi connectivity index (χ3n) is 6.11. The monoisotopic (exact) mass is 513 g/mol. The lowest BCUT2D eigenvalue weighted by Gasteiger charge is -2.17. The molecular weight excluding hydrogens is 470 g/mol. The summed E-state index contributed by atoms with van der Waals surface area (Å²) in [6.45, 7) is 5.92. The molecule has 2 aromatic rings. The van der Waals surface area contributed by atoms with Crippen LogP contribution in [-0.4, -0.2) is 73.0 Å². The molecule has 1 aromatic carbocycles. The molecule has 3 rings (SSSR count). The lowest BCUT2D eigenvalue weighted by atomic mass is 10.1. The van der Waals surface area contributed by atoms with Crippen molar-refractivity contribution in [2.45, 2.75) is 64.3 Å². The lowest BCUT2D eigenvalue weighted by Crippen LogP contribution is -2.27. The summed E-state index contributed by atoms with van der Waals surface area (Å²) in [6, 6.07) is 9.56. The smallest absolute Gasteiger partial charge is 0.251 e. The van der Waals surface area contributed by atoms with Crippen molar-refractivity contribution < 1.29 is 14.3 Å². The van der Waals surface area contributed by atoms with Crippen molar-refractivity contribution >= 4 is 23.8 Å². The van der Waals surface area contributed by atoms with Gasteiger partial charge in [-0.1, -0.05) is 57.2 Å². The fraction of sp³-hybridized carbons (Fsp3) is 0.630. The van der Waals surface area contributed by atoms with E-state index in [0.29, 0.717) is 69.0 Å². The standard InChI is InChI=1S/C27H43N7O3/c1-2-3-15-29-25-32-26(34-27(33-25)31-23-13-9-4-5-10-14-23)30-17-19-37-21-20-36-18-16-28-24(35)22-11-7-6-8-12-22/h6-8,11-12,23H,2-5,9-10,13-21H2,1H3,(H,28,35)(H3,29,30,31,32,33,34). The number of rotatable bonds is 17. The number of carbonyl (C=O) groups is 1. The highest BCUT2D eigenvalue weighted by atomic mass is 16.5. The number of ether oxygens (including phenoxy) is 2. The molecule has 1 aliphatic rings. The molecule has 37 heavy (non-hydrogen) atoms. The highest BCUT2D eigenvalue weighted by Crippen LogP contribution is 2.20. The number of unbranched alkanes of at least 4 members (excludes halogenated alkanes) is 1. The average Bonchev–Trinajstić information content (AvgIpc) is 3.19. The summed E-state index contributed by atoms with van der Waals surface area (Å²) in [4.78, 5) is 25.7. The first-order valence-corrected chi connectivity index (χ1v) is 13.7. The predicted molar refractivity (Wildman–Crippen MR) is 147 cm³/mol. The zero-order valence-electron chi connectivity index (χ0n) is 22.1. The Kier molecular flexibility index (Phi) is 13.5. The molecule has 0 bridgehead atoms. The number of aromatic nitrogens is 3. The Hall–Kier alpha value is -2.98.